The van der Waals surface area contributed by atoms with Gasteiger partial charge in [-0.1, -0.05) is 23.8 Å². The Morgan fingerprint density at radius 3 is 2.77 bits per heavy atom. The van der Waals surface area contributed by atoms with E-state index in [-0.39, 0.29) is 22.8 Å². The number of nitrogens with one attached hydrogen (secondary N) is 1. The van der Waals surface area contributed by atoms with Crippen molar-refractivity contribution in [3.63, 3.8) is 0 Å². The first-order chi connectivity index (χ1) is 12.4. The number of carbonyl (C=O) groups excluding carboxylic acids is 1. The molecule has 1 atom stereocenters. The Morgan fingerprint density at radius 1 is 1.27 bits per heavy atom. The van der Waals surface area contributed by atoms with E-state index in [1.54, 1.807) is 12.1 Å². The summed E-state index contributed by atoms with van der Waals surface area (Å²) in [5, 5.41) is 4.02. The van der Waals surface area contributed by atoms with Crippen LogP contribution >= 0.6 is 11.3 Å². The van der Waals surface area contributed by atoms with Crippen LogP contribution in [0, 0.1) is 5.92 Å². The fraction of sp³-hybridized carbons (Fsp3) is 0.556. The van der Waals surface area contributed by atoms with E-state index in [2.05, 4.69) is 15.2 Å². The molecule has 1 saturated carbocycles. The van der Waals surface area contributed by atoms with E-state index >= 15 is 0 Å². The third-order valence-corrected chi connectivity index (χ3v) is 7.49. The first-order valence-corrected chi connectivity index (χ1v) is 11.8. The number of hydrogen-bond donors (Lipinski definition) is 1. The minimum absolute atomic E-state index is 0.137. The Morgan fingerprint density at radius 2 is 2.08 bits per heavy atom. The number of sulfone groups is 1. The van der Waals surface area contributed by atoms with Crippen LogP contribution in [0.15, 0.2) is 23.1 Å². The normalized spacial score (nSPS) is 21.6. The fourth-order valence-electron chi connectivity index (χ4n) is 3.60. The van der Waals surface area contributed by atoms with Crippen molar-refractivity contribution in [2.45, 2.75) is 43.0 Å². The van der Waals surface area contributed by atoms with Crippen molar-refractivity contribution in [3.8, 4) is 0 Å². The molecule has 1 N–H and O–H groups in total. The van der Waals surface area contributed by atoms with Crippen LogP contribution in [0.3, 0.4) is 0 Å². The molecule has 1 saturated heterocycles. The number of aromatic nitrogens is 1. The minimum atomic E-state index is -3.31. The van der Waals surface area contributed by atoms with Gasteiger partial charge in [0.1, 0.15) is 5.52 Å². The number of fused-ring (bicyclic) bond motifs is 1. The number of amides is 1. The van der Waals surface area contributed by atoms with Gasteiger partial charge in [-0.25, -0.2) is 13.4 Å². The summed E-state index contributed by atoms with van der Waals surface area (Å²) < 4.78 is 24.9. The number of rotatable bonds is 4. The maximum absolute atomic E-state index is 12.2. The molecular formula is C18H23N3O3S2. The minimum Gasteiger partial charge on any atom is -0.351 e. The Hall–Kier alpha value is -1.67. The number of thiazole rings is 1. The second-order valence-electron chi connectivity index (χ2n) is 7.29. The molecule has 1 amide bonds. The molecule has 1 aliphatic carbocycles. The van der Waals surface area contributed by atoms with Gasteiger partial charge in [0.15, 0.2) is 15.0 Å². The summed E-state index contributed by atoms with van der Waals surface area (Å²) in [6.07, 6.45) is 6.36. The Bertz CT molecular complexity index is 934. The fourth-order valence-corrected chi connectivity index (χ4v) is 5.53. The summed E-state index contributed by atoms with van der Waals surface area (Å²) in [5.41, 5.74) is 0.552. The zero-order valence-electron chi connectivity index (χ0n) is 14.8. The summed E-state index contributed by atoms with van der Waals surface area (Å²) in [6.45, 7) is 1.61. The van der Waals surface area contributed by atoms with E-state index in [0.717, 1.165) is 55.0 Å². The first-order valence-electron chi connectivity index (χ1n) is 9.07. The van der Waals surface area contributed by atoms with Crippen molar-refractivity contribution >= 4 is 42.4 Å². The van der Waals surface area contributed by atoms with Gasteiger partial charge in [0.25, 0.3) is 0 Å². The molecule has 2 heterocycles. The predicted molar refractivity (Wildman–Crippen MR) is 103 cm³/mol. The van der Waals surface area contributed by atoms with Crippen LogP contribution in [0.2, 0.25) is 0 Å². The van der Waals surface area contributed by atoms with Crippen LogP contribution in [0.5, 0.6) is 0 Å². The zero-order valence-corrected chi connectivity index (χ0v) is 16.4. The van der Waals surface area contributed by atoms with E-state index in [0.29, 0.717) is 5.52 Å². The van der Waals surface area contributed by atoms with Crippen molar-refractivity contribution in [3.05, 3.63) is 18.2 Å². The average molecular weight is 394 g/mol. The molecule has 1 aromatic carbocycles. The van der Waals surface area contributed by atoms with Gasteiger partial charge in [-0.15, -0.1) is 0 Å². The third-order valence-electron chi connectivity index (χ3n) is 5.28. The van der Waals surface area contributed by atoms with E-state index in [1.165, 1.54) is 17.6 Å². The van der Waals surface area contributed by atoms with Gasteiger partial charge in [0.2, 0.25) is 5.91 Å². The smallest absolute Gasteiger partial charge is 0.223 e. The molecule has 1 aromatic heterocycles. The molecule has 0 radical (unpaired) electrons. The molecule has 4 rings (SSSR count). The first kappa shape index (κ1) is 17.7. The largest absolute Gasteiger partial charge is 0.351 e. The summed E-state index contributed by atoms with van der Waals surface area (Å²) in [7, 11) is -3.31. The second kappa shape index (κ2) is 6.81. The summed E-state index contributed by atoms with van der Waals surface area (Å²) in [5.74, 6) is 0.386. The number of nitrogens with zero attached hydrogens (tertiary/aromatic N) is 2. The number of carbonyl (C=O) groups is 1. The van der Waals surface area contributed by atoms with Gasteiger partial charge < -0.3 is 10.2 Å². The van der Waals surface area contributed by atoms with Gasteiger partial charge >= 0.3 is 0 Å². The number of benzene rings is 1. The van der Waals surface area contributed by atoms with Crippen LogP contribution in [-0.2, 0) is 14.6 Å². The molecule has 0 bridgehead atoms. The van der Waals surface area contributed by atoms with Crippen LogP contribution in [0.25, 0.3) is 10.2 Å². The Balaban J connectivity index is 1.54. The van der Waals surface area contributed by atoms with Crippen molar-refractivity contribution < 1.29 is 13.2 Å². The predicted octanol–water partition coefficient (Wildman–Crippen LogP) is 2.58. The van der Waals surface area contributed by atoms with Crippen molar-refractivity contribution in [1.82, 2.24) is 10.3 Å². The summed E-state index contributed by atoms with van der Waals surface area (Å²) >= 11 is 1.51. The second-order valence-corrected chi connectivity index (χ2v) is 10.3. The zero-order chi connectivity index (χ0) is 18.3. The van der Waals surface area contributed by atoms with Crippen LogP contribution in [0.4, 0.5) is 5.13 Å². The molecular weight excluding hydrogens is 370 g/mol. The van der Waals surface area contributed by atoms with Crippen LogP contribution in [-0.4, -0.2) is 44.7 Å². The lowest BCUT2D eigenvalue weighted by molar-refractivity contribution is -0.128. The van der Waals surface area contributed by atoms with Crippen LogP contribution < -0.4 is 10.2 Å². The molecule has 2 fully saturated rings. The maximum Gasteiger partial charge on any atom is 0.223 e. The lowest BCUT2D eigenvalue weighted by Crippen LogP contribution is -2.50. The molecule has 1 aliphatic heterocycles. The van der Waals surface area contributed by atoms with Gasteiger partial charge in [0, 0.05) is 31.3 Å². The number of hydrogen-bond acceptors (Lipinski definition) is 6. The Labute approximate surface area is 157 Å². The average Bonchev–Trinajstić information content (AvgIpc) is 2.96. The molecule has 6 nitrogen and oxygen atoms in total. The van der Waals surface area contributed by atoms with Gasteiger partial charge in [-0.05, 0) is 37.8 Å². The molecule has 140 valence electrons. The number of anilines is 1. The third kappa shape index (κ3) is 3.44. The molecule has 2 aromatic rings. The monoisotopic (exact) mass is 393 g/mol. The maximum atomic E-state index is 12.2. The van der Waals surface area contributed by atoms with E-state index in [1.807, 2.05) is 6.07 Å². The van der Waals surface area contributed by atoms with Crippen molar-refractivity contribution in [1.29, 1.82) is 0 Å². The lowest BCUT2D eigenvalue weighted by Gasteiger charge is -2.34. The highest BCUT2D eigenvalue weighted by molar-refractivity contribution is 7.91. The van der Waals surface area contributed by atoms with Gasteiger partial charge in [0.05, 0.1) is 9.60 Å². The Kier molecular flexibility index (Phi) is 4.64. The molecule has 8 heteroatoms. The summed E-state index contributed by atoms with van der Waals surface area (Å²) in [6, 6.07) is 5.42. The summed E-state index contributed by atoms with van der Waals surface area (Å²) in [4.78, 5) is 19.3. The number of para-hydroxylation sites is 1. The SMILES string of the molecule is CS(=O)(=O)c1cccc2sc(N3CCCC(NC(=O)C4CCC4)C3)nc12. The van der Waals surface area contributed by atoms with Crippen molar-refractivity contribution in [2.24, 2.45) is 5.92 Å². The van der Waals surface area contributed by atoms with Crippen LogP contribution in [0.1, 0.15) is 32.1 Å². The van der Waals surface area contributed by atoms with Gasteiger partial charge in [-0.3, -0.25) is 4.79 Å². The van der Waals surface area contributed by atoms with Crippen molar-refractivity contribution in [2.75, 3.05) is 24.2 Å². The highest BCUT2D eigenvalue weighted by atomic mass is 32.2. The lowest BCUT2D eigenvalue weighted by atomic mass is 9.84. The van der Waals surface area contributed by atoms with E-state index in [9.17, 15) is 13.2 Å². The molecule has 0 spiro atoms. The van der Waals surface area contributed by atoms with E-state index < -0.39 is 9.84 Å². The molecule has 2 aliphatic rings. The molecule has 26 heavy (non-hydrogen) atoms. The molecule has 1 unspecified atom stereocenters. The highest BCUT2D eigenvalue weighted by Gasteiger charge is 2.29. The number of piperidine rings is 1. The van der Waals surface area contributed by atoms with E-state index in [4.69, 9.17) is 0 Å². The quantitative estimate of drug-likeness (QED) is 0.864. The van der Waals surface area contributed by atoms with Gasteiger partial charge in [-0.2, -0.15) is 0 Å². The highest BCUT2D eigenvalue weighted by Crippen LogP contribution is 2.34. The standard InChI is InChI=1S/C18H23N3O3S2/c1-26(23,24)15-9-3-8-14-16(15)20-18(25-14)21-10-4-7-13(11-21)19-17(22)12-5-2-6-12/h3,8-9,12-13H,2,4-7,10-11H2,1H3,(H,19,22). The topological polar surface area (TPSA) is 79.4 Å².